The van der Waals surface area contributed by atoms with Gasteiger partial charge in [-0.3, -0.25) is 0 Å². The third-order valence-electron chi connectivity index (χ3n) is 3.96. The van der Waals surface area contributed by atoms with E-state index in [0.717, 1.165) is 0 Å². The third-order valence-corrected chi connectivity index (χ3v) is 5.42. The van der Waals surface area contributed by atoms with Crippen molar-refractivity contribution < 1.29 is 22.7 Å². The molecular formula is C17H20N4O5S. The first-order valence-corrected chi connectivity index (χ1v) is 9.77. The summed E-state index contributed by atoms with van der Waals surface area (Å²) in [5.74, 6) is 0.271. The van der Waals surface area contributed by atoms with E-state index >= 15 is 0 Å². The Bertz CT molecular complexity index is 1110. The molecule has 3 aromatic rings. The molecular weight excluding hydrogens is 372 g/mol. The summed E-state index contributed by atoms with van der Waals surface area (Å²) in [5.41, 5.74) is 1.14. The molecule has 3 rings (SSSR count). The number of hydrogen-bond donors (Lipinski definition) is 3. The molecule has 0 radical (unpaired) electrons. The Hall–Kier alpha value is -2.85. The van der Waals surface area contributed by atoms with E-state index in [1.165, 1.54) is 20.2 Å². The highest BCUT2D eigenvalue weighted by Gasteiger charge is 2.19. The van der Waals surface area contributed by atoms with Crippen molar-refractivity contribution in [2.75, 3.05) is 20.7 Å². The van der Waals surface area contributed by atoms with Crippen molar-refractivity contribution in [2.45, 2.75) is 18.2 Å². The molecule has 1 amide bonds. The van der Waals surface area contributed by atoms with Crippen LogP contribution in [0, 0.1) is 0 Å². The number of fused-ring (bicyclic) bond motifs is 3. The van der Waals surface area contributed by atoms with E-state index < -0.39 is 16.1 Å². The van der Waals surface area contributed by atoms with Gasteiger partial charge in [-0.05, 0) is 24.6 Å². The summed E-state index contributed by atoms with van der Waals surface area (Å²) in [7, 11) is -0.738. The highest BCUT2D eigenvalue weighted by molar-refractivity contribution is 7.89. The van der Waals surface area contributed by atoms with Crippen LogP contribution in [0.4, 0.5) is 4.79 Å². The van der Waals surface area contributed by atoms with Crippen molar-refractivity contribution in [3.05, 3.63) is 24.3 Å². The molecule has 0 saturated carbocycles. The maximum atomic E-state index is 12.4. The van der Waals surface area contributed by atoms with E-state index in [2.05, 4.69) is 20.0 Å². The number of rotatable bonds is 6. The Kier molecular flexibility index (Phi) is 5.19. The smallest absolute Gasteiger partial charge is 0.413 e. The average molecular weight is 392 g/mol. The van der Waals surface area contributed by atoms with Gasteiger partial charge in [0.2, 0.25) is 15.9 Å². The number of benzene rings is 1. The summed E-state index contributed by atoms with van der Waals surface area (Å²) in [6, 6.07) is 6.39. The molecule has 2 aromatic heterocycles. The molecule has 0 spiro atoms. The van der Waals surface area contributed by atoms with Gasteiger partial charge in [-0.1, -0.05) is 6.92 Å². The van der Waals surface area contributed by atoms with Crippen LogP contribution in [0.2, 0.25) is 0 Å². The number of sulfonamides is 1. The molecule has 0 fully saturated rings. The van der Waals surface area contributed by atoms with Gasteiger partial charge in [0.15, 0.2) is 0 Å². The average Bonchev–Trinajstić information content (AvgIpc) is 3.04. The first-order valence-electron chi connectivity index (χ1n) is 8.29. The van der Waals surface area contributed by atoms with Gasteiger partial charge in [0.25, 0.3) is 5.88 Å². The standard InChI is InChI=1S/C17H20N4O5S/c1-4-7-19-27(23,24)10-5-6-13-11(8-10)12-9-14(25-3)21-16(15(12)20-13)26-17(22)18-2/h5-6,8-9,19-20H,4,7H2,1-3H3,(H,18,22). The topological polar surface area (TPSA) is 122 Å². The molecule has 27 heavy (non-hydrogen) atoms. The summed E-state index contributed by atoms with van der Waals surface area (Å²) in [5, 5.41) is 3.63. The molecule has 0 atom stereocenters. The minimum atomic E-state index is -3.62. The molecule has 0 saturated heterocycles. The summed E-state index contributed by atoms with van der Waals surface area (Å²) in [6.07, 6.45) is 0.0141. The second-order valence-electron chi connectivity index (χ2n) is 5.76. The molecule has 3 N–H and O–H groups in total. The highest BCUT2D eigenvalue weighted by atomic mass is 32.2. The van der Waals surface area contributed by atoms with Crippen LogP contribution >= 0.6 is 0 Å². The fourth-order valence-corrected chi connectivity index (χ4v) is 3.79. The number of aromatic nitrogens is 2. The number of H-pyrrole nitrogens is 1. The summed E-state index contributed by atoms with van der Waals surface area (Å²) >= 11 is 0. The van der Waals surface area contributed by atoms with Crippen molar-refractivity contribution in [1.82, 2.24) is 20.0 Å². The van der Waals surface area contributed by atoms with Gasteiger partial charge in [-0.25, -0.2) is 17.9 Å². The number of hydrogen-bond acceptors (Lipinski definition) is 6. The largest absolute Gasteiger partial charge is 0.481 e. The van der Waals surface area contributed by atoms with Gasteiger partial charge in [0, 0.05) is 35.9 Å². The minimum Gasteiger partial charge on any atom is -0.481 e. The van der Waals surface area contributed by atoms with Crippen LogP contribution in [0.5, 0.6) is 11.8 Å². The number of methoxy groups -OCH3 is 1. The lowest BCUT2D eigenvalue weighted by atomic mass is 10.2. The quantitative estimate of drug-likeness (QED) is 0.591. The fraction of sp³-hybridized carbons (Fsp3) is 0.294. The monoisotopic (exact) mass is 392 g/mol. The van der Waals surface area contributed by atoms with E-state index in [-0.39, 0.29) is 16.7 Å². The Balaban J connectivity index is 2.20. The molecule has 10 heteroatoms. The lowest BCUT2D eigenvalue weighted by Crippen LogP contribution is -2.24. The van der Waals surface area contributed by atoms with Crippen LogP contribution in [0.15, 0.2) is 29.2 Å². The zero-order valence-electron chi connectivity index (χ0n) is 15.1. The van der Waals surface area contributed by atoms with Gasteiger partial charge >= 0.3 is 6.09 Å². The Labute approximate surface area is 156 Å². The predicted molar refractivity (Wildman–Crippen MR) is 101 cm³/mol. The zero-order chi connectivity index (χ0) is 19.6. The van der Waals surface area contributed by atoms with Crippen LogP contribution in [0.1, 0.15) is 13.3 Å². The van der Waals surface area contributed by atoms with Gasteiger partial charge in [-0.2, -0.15) is 4.98 Å². The molecule has 0 unspecified atom stereocenters. The minimum absolute atomic E-state index is 0.0356. The summed E-state index contributed by atoms with van der Waals surface area (Å²) in [6.45, 7) is 2.24. The van der Waals surface area contributed by atoms with Crippen molar-refractivity contribution >= 4 is 37.9 Å². The maximum Gasteiger partial charge on any atom is 0.413 e. The molecule has 0 aliphatic rings. The number of nitrogens with zero attached hydrogens (tertiary/aromatic N) is 1. The molecule has 2 heterocycles. The fourth-order valence-electron chi connectivity index (χ4n) is 2.63. The zero-order valence-corrected chi connectivity index (χ0v) is 15.9. The Morgan fingerprint density at radius 3 is 2.70 bits per heavy atom. The molecule has 1 aromatic carbocycles. The van der Waals surface area contributed by atoms with E-state index in [0.29, 0.717) is 34.8 Å². The first kappa shape index (κ1) is 18.9. The van der Waals surface area contributed by atoms with Gasteiger partial charge < -0.3 is 19.8 Å². The number of amides is 1. The second-order valence-corrected chi connectivity index (χ2v) is 7.53. The molecule has 144 valence electrons. The molecule has 9 nitrogen and oxygen atoms in total. The number of pyridine rings is 1. The molecule has 0 aliphatic carbocycles. The van der Waals surface area contributed by atoms with E-state index in [1.807, 2.05) is 6.92 Å². The van der Waals surface area contributed by atoms with E-state index in [1.54, 1.807) is 18.2 Å². The van der Waals surface area contributed by atoms with Crippen molar-refractivity contribution in [3.8, 4) is 11.8 Å². The van der Waals surface area contributed by atoms with Crippen LogP contribution in [0.25, 0.3) is 21.8 Å². The maximum absolute atomic E-state index is 12.4. The van der Waals surface area contributed by atoms with Crippen LogP contribution in [-0.4, -0.2) is 45.2 Å². The second kappa shape index (κ2) is 7.41. The van der Waals surface area contributed by atoms with E-state index in [9.17, 15) is 13.2 Å². The Morgan fingerprint density at radius 2 is 2.04 bits per heavy atom. The number of ether oxygens (including phenoxy) is 2. The van der Waals surface area contributed by atoms with Crippen LogP contribution in [0.3, 0.4) is 0 Å². The normalized spacial score (nSPS) is 11.7. The highest BCUT2D eigenvalue weighted by Crippen LogP contribution is 2.34. The number of nitrogens with one attached hydrogen (secondary N) is 3. The predicted octanol–water partition coefficient (Wildman–Crippen LogP) is 2.13. The SMILES string of the molecule is CCCNS(=O)(=O)c1ccc2[nH]c3c(OC(=O)NC)nc(OC)cc3c2c1. The van der Waals surface area contributed by atoms with Crippen LogP contribution in [-0.2, 0) is 10.0 Å². The van der Waals surface area contributed by atoms with Crippen molar-refractivity contribution in [3.63, 3.8) is 0 Å². The van der Waals surface area contributed by atoms with Crippen molar-refractivity contribution in [1.29, 1.82) is 0 Å². The molecule has 0 aliphatic heterocycles. The van der Waals surface area contributed by atoms with Gasteiger partial charge in [0.05, 0.1) is 12.0 Å². The van der Waals surface area contributed by atoms with Crippen molar-refractivity contribution in [2.24, 2.45) is 0 Å². The van der Waals surface area contributed by atoms with Crippen LogP contribution < -0.4 is 19.5 Å². The van der Waals surface area contributed by atoms with Gasteiger partial charge in [-0.15, -0.1) is 0 Å². The lowest BCUT2D eigenvalue weighted by molar-refractivity contribution is 0.201. The third kappa shape index (κ3) is 3.67. The Morgan fingerprint density at radius 1 is 1.26 bits per heavy atom. The summed E-state index contributed by atoms with van der Waals surface area (Å²) < 4.78 is 37.8. The van der Waals surface area contributed by atoms with E-state index in [4.69, 9.17) is 9.47 Å². The number of aromatic amines is 1. The molecule has 0 bridgehead atoms. The number of carbonyl (C=O) groups excluding carboxylic acids is 1. The lowest BCUT2D eigenvalue weighted by Gasteiger charge is -2.07. The first-order chi connectivity index (χ1) is 12.9. The number of carbonyl (C=O) groups is 1. The van der Waals surface area contributed by atoms with Gasteiger partial charge in [0.1, 0.15) is 5.52 Å². The summed E-state index contributed by atoms with van der Waals surface area (Å²) in [4.78, 5) is 19.0.